The number of hydrogen-bond donors (Lipinski definition) is 2. The van der Waals surface area contributed by atoms with E-state index in [9.17, 15) is 26.4 Å². The topological polar surface area (TPSA) is 83.5 Å². The highest BCUT2D eigenvalue weighted by atomic mass is 32.2. The largest absolute Gasteiger partial charge is 0.511 e. The van der Waals surface area contributed by atoms with Crippen LogP contribution in [-0.2, 0) is 14.8 Å². The van der Waals surface area contributed by atoms with E-state index in [1.807, 2.05) is 0 Å². The van der Waals surface area contributed by atoms with Crippen LogP contribution in [0.1, 0.15) is 13.3 Å². The first-order chi connectivity index (χ1) is 6.12. The molecule has 0 fully saturated rings. The molecule has 0 aromatic rings. The summed E-state index contributed by atoms with van der Waals surface area (Å²) in [6.45, 7) is 1.25. The summed E-state index contributed by atoms with van der Waals surface area (Å²) in [5.41, 5.74) is -5.49. The van der Waals surface area contributed by atoms with Crippen molar-refractivity contribution in [2.24, 2.45) is 0 Å². The first-order valence-corrected chi connectivity index (χ1v) is 4.91. The second-order valence-electron chi connectivity index (χ2n) is 2.37. The molecule has 0 rings (SSSR count). The lowest BCUT2D eigenvalue weighted by Gasteiger charge is -2.14. The molecule has 0 amide bonds. The fourth-order valence-corrected chi connectivity index (χ4v) is 1.34. The Morgan fingerprint density at radius 1 is 1.50 bits per heavy atom. The molecule has 0 aromatic carbocycles. The summed E-state index contributed by atoms with van der Waals surface area (Å²) in [5, 5.41) is 8.31. The van der Waals surface area contributed by atoms with Gasteiger partial charge in [0.2, 0.25) is 0 Å². The molecule has 0 aliphatic carbocycles. The van der Waals surface area contributed by atoms with E-state index in [0.29, 0.717) is 0 Å². The standard InChI is InChI=1S/C5H8F3NO4S/c1-2-3(4(10)11)9-14(12,13)5(6,7)8/h3,9H,2H2,1H3,(H,10,11)/t3-/m1/s1. The number of rotatable bonds is 4. The number of aliphatic carboxylic acids is 1. The van der Waals surface area contributed by atoms with E-state index in [-0.39, 0.29) is 6.42 Å². The van der Waals surface area contributed by atoms with Crippen LogP contribution in [0.15, 0.2) is 0 Å². The highest BCUT2D eigenvalue weighted by molar-refractivity contribution is 7.90. The molecule has 0 saturated carbocycles. The lowest BCUT2D eigenvalue weighted by molar-refractivity contribution is -0.139. The molecule has 0 aromatic heterocycles. The number of carboxylic acid groups (broad SMARTS) is 1. The molecular weight excluding hydrogens is 227 g/mol. The van der Waals surface area contributed by atoms with Gasteiger partial charge in [-0.25, -0.2) is 8.42 Å². The summed E-state index contributed by atoms with van der Waals surface area (Å²) in [5.74, 6) is -1.65. The molecule has 5 nitrogen and oxygen atoms in total. The maximum Gasteiger partial charge on any atom is 0.511 e. The fraction of sp³-hybridized carbons (Fsp3) is 0.800. The van der Waals surface area contributed by atoms with E-state index in [1.54, 1.807) is 0 Å². The average Bonchev–Trinajstić information content (AvgIpc) is 1.97. The predicted molar refractivity (Wildman–Crippen MR) is 39.8 cm³/mol. The number of carbonyl (C=O) groups is 1. The quantitative estimate of drug-likeness (QED) is 0.733. The lowest BCUT2D eigenvalue weighted by Crippen LogP contribution is -2.46. The van der Waals surface area contributed by atoms with Crippen LogP contribution in [-0.4, -0.2) is 31.0 Å². The van der Waals surface area contributed by atoms with E-state index in [1.165, 1.54) is 6.92 Å². The zero-order valence-electron chi connectivity index (χ0n) is 7.00. The summed E-state index contributed by atoms with van der Waals surface area (Å²) in [4.78, 5) is 10.2. The van der Waals surface area contributed by atoms with Crippen LogP contribution in [0.4, 0.5) is 13.2 Å². The lowest BCUT2D eigenvalue weighted by atomic mass is 10.2. The number of alkyl halides is 3. The number of carboxylic acids is 1. The predicted octanol–water partition coefficient (Wildman–Crippen LogP) is 0.289. The van der Waals surface area contributed by atoms with Crippen LogP contribution < -0.4 is 4.72 Å². The Morgan fingerprint density at radius 3 is 2.14 bits per heavy atom. The molecule has 1 atom stereocenters. The van der Waals surface area contributed by atoms with Crippen molar-refractivity contribution in [3.63, 3.8) is 0 Å². The number of nitrogens with one attached hydrogen (secondary N) is 1. The number of hydrogen-bond acceptors (Lipinski definition) is 3. The molecule has 84 valence electrons. The minimum absolute atomic E-state index is 0.273. The molecule has 0 saturated heterocycles. The minimum atomic E-state index is -5.58. The van der Waals surface area contributed by atoms with E-state index < -0.39 is 27.5 Å². The normalized spacial score (nSPS) is 15.1. The number of halogens is 3. The van der Waals surface area contributed by atoms with Gasteiger partial charge in [0, 0.05) is 0 Å². The summed E-state index contributed by atoms with van der Waals surface area (Å²) in [7, 11) is -5.58. The first kappa shape index (κ1) is 13.2. The van der Waals surface area contributed by atoms with E-state index in [0.717, 1.165) is 4.72 Å². The van der Waals surface area contributed by atoms with Crippen molar-refractivity contribution >= 4 is 16.0 Å². The molecule has 2 N–H and O–H groups in total. The van der Waals surface area contributed by atoms with Crippen LogP contribution in [0.2, 0.25) is 0 Å². The van der Waals surface area contributed by atoms with Gasteiger partial charge in [-0.3, -0.25) is 4.79 Å². The van der Waals surface area contributed by atoms with Crippen molar-refractivity contribution in [2.45, 2.75) is 24.9 Å². The summed E-state index contributed by atoms with van der Waals surface area (Å²) in [6.07, 6.45) is -0.273. The molecule has 0 heterocycles. The van der Waals surface area contributed by atoms with E-state index in [4.69, 9.17) is 5.11 Å². The second-order valence-corrected chi connectivity index (χ2v) is 4.07. The average molecular weight is 235 g/mol. The van der Waals surface area contributed by atoms with Gasteiger partial charge >= 0.3 is 21.5 Å². The van der Waals surface area contributed by atoms with Crippen LogP contribution in [0.3, 0.4) is 0 Å². The van der Waals surface area contributed by atoms with Gasteiger partial charge in [-0.1, -0.05) is 6.92 Å². The van der Waals surface area contributed by atoms with Gasteiger partial charge in [-0.15, -0.1) is 0 Å². The van der Waals surface area contributed by atoms with Crippen LogP contribution >= 0.6 is 0 Å². The van der Waals surface area contributed by atoms with Crippen molar-refractivity contribution < 1.29 is 31.5 Å². The molecule has 0 aliphatic rings. The minimum Gasteiger partial charge on any atom is -0.480 e. The van der Waals surface area contributed by atoms with Crippen molar-refractivity contribution in [3.8, 4) is 0 Å². The van der Waals surface area contributed by atoms with Gasteiger partial charge in [0.05, 0.1) is 0 Å². The van der Waals surface area contributed by atoms with Gasteiger partial charge in [0.15, 0.2) is 0 Å². The highest BCUT2D eigenvalue weighted by Crippen LogP contribution is 2.22. The zero-order chi connectivity index (χ0) is 11.6. The molecule has 14 heavy (non-hydrogen) atoms. The van der Waals surface area contributed by atoms with E-state index in [2.05, 4.69) is 0 Å². The first-order valence-electron chi connectivity index (χ1n) is 3.43. The SMILES string of the molecule is CC[C@@H](NS(=O)(=O)C(F)(F)F)C(=O)O. The van der Waals surface area contributed by atoms with Gasteiger partial charge in [-0.05, 0) is 6.42 Å². The maximum absolute atomic E-state index is 11.8. The Balaban J connectivity index is 4.75. The molecular formula is C5H8F3NO4S. The Kier molecular flexibility index (Phi) is 3.89. The third-order valence-corrected chi connectivity index (χ3v) is 2.51. The summed E-state index contributed by atoms with van der Waals surface area (Å²) >= 11 is 0. The summed E-state index contributed by atoms with van der Waals surface area (Å²) in [6, 6.07) is -1.76. The number of sulfonamides is 1. The van der Waals surface area contributed by atoms with Gasteiger partial charge < -0.3 is 5.11 Å². The zero-order valence-corrected chi connectivity index (χ0v) is 7.82. The van der Waals surface area contributed by atoms with Gasteiger partial charge in [0.25, 0.3) is 0 Å². The Morgan fingerprint density at radius 2 is 1.93 bits per heavy atom. The second kappa shape index (κ2) is 4.13. The van der Waals surface area contributed by atoms with Crippen molar-refractivity contribution in [1.82, 2.24) is 4.72 Å². The molecule has 0 spiro atoms. The third-order valence-electron chi connectivity index (χ3n) is 1.31. The molecule has 0 radical (unpaired) electrons. The summed E-state index contributed by atoms with van der Waals surface area (Å²) < 4.78 is 57.1. The van der Waals surface area contributed by atoms with Crippen LogP contribution in [0.5, 0.6) is 0 Å². The molecule has 0 unspecified atom stereocenters. The fourth-order valence-electron chi connectivity index (χ4n) is 0.562. The molecule has 0 aliphatic heterocycles. The molecule has 9 heteroatoms. The third kappa shape index (κ3) is 3.14. The van der Waals surface area contributed by atoms with Crippen LogP contribution in [0, 0.1) is 0 Å². The van der Waals surface area contributed by atoms with Crippen molar-refractivity contribution in [3.05, 3.63) is 0 Å². The Bertz CT molecular complexity index is 309. The maximum atomic E-state index is 11.8. The Hall–Kier alpha value is -0.830. The van der Waals surface area contributed by atoms with Gasteiger partial charge in [0.1, 0.15) is 6.04 Å². The van der Waals surface area contributed by atoms with Crippen molar-refractivity contribution in [2.75, 3.05) is 0 Å². The highest BCUT2D eigenvalue weighted by Gasteiger charge is 2.47. The monoisotopic (exact) mass is 235 g/mol. The Labute approximate surface area is 78.0 Å². The smallest absolute Gasteiger partial charge is 0.480 e. The van der Waals surface area contributed by atoms with E-state index >= 15 is 0 Å². The van der Waals surface area contributed by atoms with Gasteiger partial charge in [-0.2, -0.15) is 17.9 Å². The van der Waals surface area contributed by atoms with Crippen LogP contribution in [0.25, 0.3) is 0 Å². The molecule has 0 bridgehead atoms. The van der Waals surface area contributed by atoms with Crippen molar-refractivity contribution in [1.29, 1.82) is 0 Å².